The lowest BCUT2D eigenvalue weighted by Gasteiger charge is -2.14. The van der Waals surface area contributed by atoms with E-state index in [4.69, 9.17) is 20.5 Å². The molecule has 1 N–H and O–H groups in total. The number of rotatable bonds is 6. The van der Waals surface area contributed by atoms with Gasteiger partial charge in [-0.2, -0.15) is 4.98 Å². The molecule has 3 heterocycles. The van der Waals surface area contributed by atoms with E-state index in [1.165, 1.54) is 11.3 Å². The number of aryl methyl sites for hydroxylation is 1. The van der Waals surface area contributed by atoms with Crippen molar-refractivity contribution in [3.63, 3.8) is 0 Å². The SMILES string of the molecule is Cc1noc(CCNC(c2ccco2)c2ccc(Cl)s2)n1. The first-order valence-corrected chi connectivity index (χ1v) is 7.73. The predicted octanol–water partition coefficient (Wildman–Crippen LogP) is 3.61. The van der Waals surface area contributed by atoms with Crippen molar-refractivity contribution in [3.05, 3.63) is 57.2 Å². The van der Waals surface area contributed by atoms with E-state index in [0.717, 1.165) is 15.0 Å². The summed E-state index contributed by atoms with van der Waals surface area (Å²) in [5, 5.41) is 7.22. The molecule has 3 aromatic rings. The summed E-state index contributed by atoms with van der Waals surface area (Å²) < 4.78 is 11.4. The van der Waals surface area contributed by atoms with Crippen LogP contribution in [0.5, 0.6) is 0 Å². The third-order valence-corrected chi connectivity index (χ3v) is 4.26. The molecule has 0 aliphatic heterocycles. The molecule has 0 aliphatic rings. The molecular formula is C14H14ClN3O2S. The Bertz CT molecular complexity index is 693. The molecule has 7 heteroatoms. The van der Waals surface area contributed by atoms with E-state index < -0.39 is 0 Å². The van der Waals surface area contributed by atoms with E-state index in [2.05, 4.69) is 15.5 Å². The lowest BCUT2D eigenvalue weighted by Crippen LogP contribution is -2.23. The number of nitrogens with one attached hydrogen (secondary N) is 1. The van der Waals surface area contributed by atoms with Crippen LogP contribution in [0.1, 0.15) is 28.4 Å². The second-order valence-electron chi connectivity index (χ2n) is 4.53. The number of furan rings is 1. The van der Waals surface area contributed by atoms with Crippen molar-refractivity contribution in [2.45, 2.75) is 19.4 Å². The van der Waals surface area contributed by atoms with Gasteiger partial charge in [0.2, 0.25) is 5.89 Å². The van der Waals surface area contributed by atoms with Crippen LogP contribution in [0.2, 0.25) is 4.34 Å². The van der Waals surface area contributed by atoms with E-state index in [-0.39, 0.29) is 6.04 Å². The molecule has 21 heavy (non-hydrogen) atoms. The maximum Gasteiger partial charge on any atom is 0.227 e. The lowest BCUT2D eigenvalue weighted by atomic mass is 10.2. The molecule has 0 spiro atoms. The van der Waals surface area contributed by atoms with E-state index in [1.54, 1.807) is 13.2 Å². The molecule has 1 atom stereocenters. The van der Waals surface area contributed by atoms with Crippen molar-refractivity contribution < 1.29 is 8.94 Å². The summed E-state index contributed by atoms with van der Waals surface area (Å²) in [6.45, 7) is 2.50. The number of halogens is 1. The molecule has 3 rings (SSSR count). The summed E-state index contributed by atoms with van der Waals surface area (Å²) in [5.41, 5.74) is 0. The Labute approximate surface area is 130 Å². The highest BCUT2D eigenvalue weighted by atomic mass is 35.5. The molecule has 0 aliphatic carbocycles. The summed E-state index contributed by atoms with van der Waals surface area (Å²) >= 11 is 7.56. The number of nitrogens with zero attached hydrogens (tertiary/aromatic N) is 2. The van der Waals surface area contributed by atoms with Gasteiger partial charge in [-0.05, 0) is 31.2 Å². The van der Waals surface area contributed by atoms with Gasteiger partial charge in [0.1, 0.15) is 11.8 Å². The Morgan fingerprint density at radius 2 is 2.29 bits per heavy atom. The number of thiophene rings is 1. The van der Waals surface area contributed by atoms with Gasteiger partial charge in [-0.15, -0.1) is 11.3 Å². The Morgan fingerprint density at radius 3 is 2.90 bits per heavy atom. The second kappa shape index (κ2) is 6.43. The zero-order valence-electron chi connectivity index (χ0n) is 11.4. The molecule has 0 saturated heterocycles. The van der Waals surface area contributed by atoms with Gasteiger partial charge in [-0.3, -0.25) is 0 Å². The maximum atomic E-state index is 6.03. The first-order chi connectivity index (χ1) is 10.2. The van der Waals surface area contributed by atoms with E-state index in [0.29, 0.717) is 24.7 Å². The van der Waals surface area contributed by atoms with Crippen molar-refractivity contribution in [1.29, 1.82) is 0 Å². The van der Waals surface area contributed by atoms with Crippen LogP contribution in [-0.4, -0.2) is 16.7 Å². The summed E-state index contributed by atoms with van der Waals surface area (Å²) in [6, 6.07) is 7.69. The van der Waals surface area contributed by atoms with Crippen molar-refractivity contribution in [1.82, 2.24) is 15.5 Å². The molecule has 3 aromatic heterocycles. The molecule has 5 nitrogen and oxygen atoms in total. The molecule has 0 amide bonds. The monoisotopic (exact) mass is 323 g/mol. The molecular weight excluding hydrogens is 310 g/mol. The standard InChI is InChI=1S/C14H14ClN3O2S/c1-9-17-13(20-18-9)6-7-16-14(10-3-2-8-19-10)11-4-5-12(15)21-11/h2-5,8,14,16H,6-7H2,1H3. The first kappa shape index (κ1) is 14.3. The Balaban J connectivity index is 1.68. The number of hydrogen-bond acceptors (Lipinski definition) is 6. The van der Waals surface area contributed by atoms with Crippen LogP contribution in [-0.2, 0) is 6.42 Å². The largest absolute Gasteiger partial charge is 0.467 e. The molecule has 0 saturated carbocycles. The van der Waals surface area contributed by atoms with Crippen LogP contribution in [0.25, 0.3) is 0 Å². The molecule has 0 radical (unpaired) electrons. The van der Waals surface area contributed by atoms with Gasteiger partial charge in [-0.25, -0.2) is 0 Å². The van der Waals surface area contributed by atoms with Gasteiger partial charge in [0.25, 0.3) is 0 Å². The Morgan fingerprint density at radius 1 is 1.38 bits per heavy atom. The predicted molar refractivity (Wildman–Crippen MR) is 80.6 cm³/mol. The fraction of sp³-hybridized carbons (Fsp3) is 0.286. The third-order valence-electron chi connectivity index (χ3n) is 2.96. The van der Waals surface area contributed by atoms with E-state index in [1.807, 2.05) is 24.3 Å². The average Bonchev–Trinajstić information content (AvgIpc) is 3.17. The second-order valence-corrected chi connectivity index (χ2v) is 6.28. The highest BCUT2D eigenvalue weighted by Crippen LogP contribution is 2.31. The van der Waals surface area contributed by atoms with E-state index >= 15 is 0 Å². The summed E-state index contributed by atoms with van der Waals surface area (Å²) in [4.78, 5) is 5.30. The minimum atomic E-state index is -0.0264. The van der Waals surface area contributed by atoms with Crippen LogP contribution in [0, 0.1) is 6.92 Å². The Kier molecular flexibility index (Phi) is 4.38. The smallest absolute Gasteiger partial charge is 0.227 e. The summed E-state index contributed by atoms with van der Waals surface area (Å²) in [7, 11) is 0. The van der Waals surface area contributed by atoms with Gasteiger partial charge >= 0.3 is 0 Å². The van der Waals surface area contributed by atoms with Crippen LogP contribution < -0.4 is 5.32 Å². The van der Waals surface area contributed by atoms with Gasteiger partial charge in [0, 0.05) is 17.8 Å². The summed E-state index contributed by atoms with van der Waals surface area (Å²) in [5.74, 6) is 2.13. The van der Waals surface area contributed by atoms with Crippen LogP contribution >= 0.6 is 22.9 Å². The van der Waals surface area contributed by atoms with Gasteiger partial charge in [0.05, 0.1) is 10.6 Å². The van der Waals surface area contributed by atoms with Crippen LogP contribution in [0.15, 0.2) is 39.5 Å². The lowest BCUT2D eigenvalue weighted by molar-refractivity contribution is 0.368. The molecule has 1 unspecified atom stereocenters. The van der Waals surface area contributed by atoms with Gasteiger partial charge in [-0.1, -0.05) is 16.8 Å². The number of hydrogen-bond donors (Lipinski definition) is 1. The van der Waals surface area contributed by atoms with Crippen LogP contribution in [0.3, 0.4) is 0 Å². The van der Waals surface area contributed by atoms with Crippen LogP contribution in [0.4, 0.5) is 0 Å². The van der Waals surface area contributed by atoms with Crippen molar-refractivity contribution >= 4 is 22.9 Å². The highest BCUT2D eigenvalue weighted by Gasteiger charge is 2.18. The topological polar surface area (TPSA) is 64.1 Å². The number of aromatic nitrogens is 2. The zero-order chi connectivity index (χ0) is 14.7. The summed E-state index contributed by atoms with van der Waals surface area (Å²) in [6.07, 6.45) is 2.33. The first-order valence-electron chi connectivity index (χ1n) is 6.53. The normalized spacial score (nSPS) is 12.7. The average molecular weight is 324 g/mol. The minimum Gasteiger partial charge on any atom is -0.467 e. The van der Waals surface area contributed by atoms with E-state index in [9.17, 15) is 0 Å². The highest BCUT2D eigenvalue weighted by molar-refractivity contribution is 7.16. The quantitative estimate of drug-likeness (QED) is 0.750. The molecule has 0 aromatic carbocycles. The molecule has 0 bridgehead atoms. The fourth-order valence-electron chi connectivity index (χ4n) is 2.05. The molecule has 110 valence electrons. The van der Waals surface area contributed by atoms with Crippen molar-refractivity contribution in [2.75, 3.05) is 6.54 Å². The minimum absolute atomic E-state index is 0.0264. The fourth-order valence-corrected chi connectivity index (χ4v) is 3.19. The van der Waals surface area contributed by atoms with Crippen molar-refractivity contribution in [2.24, 2.45) is 0 Å². The Hall–Kier alpha value is -1.63. The van der Waals surface area contributed by atoms with Gasteiger partial charge < -0.3 is 14.3 Å². The van der Waals surface area contributed by atoms with Crippen molar-refractivity contribution in [3.8, 4) is 0 Å². The maximum absolute atomic E-state index is 6.03. The third kappa shape index (κ3) is 3.53. The van der Waals surface area contributed by atoms with Gasteiger partial charge in [0.15, 0.2) is 5.82 Å². The zero-order valence-corrected chi connectivity index (χ0v) is 12.9. The molecule has 0 fully saturated rings.